The number of nitrogens with one attached hydrogen (secondary N) is 3. The zero-order chi connectivity index (χ0) is 16.8. The molecule has 120 valence electrons. The first kappa shape index (κ1) is 16.4. The number of anilines is 3. The van der Waals surface area contributed by atoms with Gasteiger partial charge in [0.25, 0.3) is 5.91 Å². The molecule has 0 spiro atoms. The molecule has 0 aliphatic heterocycles. The molecule has 7 nitrogen and oxygen atoms in total. The van der Waals surface area contributed by atoms with Gasteiger partial charge in [0.2, 0.25) is 5.91 Å². The first-order valence-electron chi connectivity index (χ1n) is 7.21. The maximum atomic E-state index is 12.2. The Kier molecular flexibility index (Phi) is 5.24. The van der Waals surface area contributed by atoms with Gasteiger partial charge in [-0.3, -0.25) is 9.59 Å². The van der Waals surface area contributed by atoms with E-state index in [-0.39, 0.29) is 23.6 Å². The number of hydrogen-bond donors (Lipinski definition) is 3. The lowest BCUT2D eigenvalue weighted by molar-refractivity contribution is -0.114. The van der Waals surface area contributed by atoms with Crippen LogP contribution in [0.5, 0.6) is 0 Å². The Morgan fingerprint density at radius 3 is 2.30 bits per heavy atom. The Labute approximate surface area is 134 Å². The highest BCUT2D eigenvalue weighted by atomic mass is 16.2. The molecular formula is C16H19N5O2. The molecule has 2 rings (SSSR count). The number of carbonyl (C=O) groups is 2. The maximum absolute atomic E-state index is 12.2. The molecule has 3 N–H and O–H groups in total. The Hall–Kier alpha value is -2.96. The van der Waals surface area contributed by atoms with Crippen LogP contribution >= 0.6 is 0 Å². The summed E-state index contributed by atoms with van der Waals surface area (Å²) >= 11 is 0. The summed E-state index contributed by atoms with van der Waals surface area (Å²) < 4.78 is 0. The van der Waals surface area contributed by atoms with Gasteiger partial charge >= 0.3 is 0 Å². The summed E-state index contributed by atoms with van der Waals surface area (Å²) in [5.41, 5.74) is 1.38. The second-order valence-electron chi connectivity index (χ2n) is 5.30. The topological polar surface area (TPSA) is 96.0 Å². The predicted molar refractivity (Wildman–Crippen MR) is 89.5 cm³/mol. The van der Waals surface area contributed by atoms with E-state index in [4.69, 9.17) is 0 Å². The van der Waals surface area contributed by atoms with Crippen LogP contribution in [-0.4, -0.2) is 27.8 Å². The van der Waals surface area contributed by atoms with Crippen LogP contribution < -0.4 is 16.0 Å². The molecule has 0 saturated heterocycles. The molecule has 0 saturated carbocycles. The van der Waals surface area contributed by atoms with Gasteiger partial charge in [0.05, 0.1) is 12.4 Å². The third kappa shape index (κ3) is 5.06. The zero-order valence-electron chi connectivity index (χ0n) is 13.3. The summed E-state index contributed by atoms with van der Waals surface area (Å²) in [5.74, 6) is 0.0744. The summed E-state index contributed by atoms with van der Waals surface area (Å²) in [6.07, 6.45) is 2.93. The molecular weight excluding hydrogens is 294 g/mol. The van der Waals surface area contributed by atoms with E-state index in [2.05, 4.69) is 25.9 Å². The largest absolute Gasteiger partial charge is 0.367 e. The summed E-state index contributed by atoms with van der Waals surface area (Å²) in [4.78, 5) is 31.5. The van der Waals surface area contributed by atoms with Crippen LogP contribution in [-0.2, 0) is 4.79 Å². The fourth-order valence-electron chi connectivity index (χ4n) is 1.89. The predicted octanol–water partition coefficient (Wildman–Crippen LogP) is 2.51. The summed E-state index contributed by atoms with van der Waals surface area (Å²) in [7, 11) is 0. The molecule has 1 heterocycles. The molecule has 1 aromatic carbocycles. The van der Waals surface area contributed by atoms with Gasteiger partial charge in [-0.1, -0.05) is 6.07 Å². The molecule has 0 bridgehead atoms. The molecule has 0 fully saturated rings. The van der Waals surface area contributed by atoms with Crippen molar-refractivity contribution in [3.8, 4) is 0 Å². The molecule has 0 unspecified atom stereocenters. The Morgan fingerprint density at radius 2 is 1.74 bits per heavy atom. The van der Waals surface area contributed by atoms with E-state index in [1.165, 1.54) is 19.3 Å². The highest BCUT2D eigenvalue weighted by Gasteiger charge is 2.09. The third-order valence-corrected chi connectivity index (χ3v) is 2.76. The van der Waals surface area contributed by atoms with Gasteiger partial charge in [-0.2, -0.15) is 0 Å². The van der Waals surface area contributed by atoms with Crippen LogP contribution in [0.15, 0.2) is 36.7 Å². The lowest BCUT2D eigenvalue weighted by atomic mass is 10.2. The van der Waals surface area contributed by atoms with Gasteiger partial charge in [-0.05, 0) is 32.0 Å². The molecule has 0 radical (unpaired) electrons. The average molecular weight is 313 g/mol. The number of amides is 2. The molecule has 1 aromatic heterocycles. The number of hydrogen-bond acceptors (Lipinski definition) is 5. The Balaban J connectivity index is 2.05. The summed E-state index contributed by atoms with van der Waals surface area (Å²) in [6, 6.07) is 7.11. The lowest BCUT2D eigenvalue weighted by Crippen LogP contribution is -2.16. The van der Waals surface area contributed by atoms with E-state index in [0.29, 0.717) is 17.2 Å². The minimum atomic E-state index is -0.367. The highest BCUT2D eigenvalue weighted by molar-refractivity contribution is 6.03. The van der Waals surface area contributed by atoms with Gasteiger partial charge in [-0.15, -0.1) is 0 Å². The van der Waals surface area contributed by atoms with E-state index in [1.807, 2.05) is 13.8 Å². The zero-order valence-corrected chi connectivity index (χ0v) is 13.3. The number of benzene rings is 1. The van der Waals surface area contributed by atoms with Crippen LogP contribution in [0, 0.1) is 0 Å². The second-order valence-corrected chi connectivity index (χ2v) is 5.30. The standard InChI is InChI=1S/C16H19N5O2/c1-10(2)19-15-9-17-14(8-18-15)16(23)21-13-6-4-5-12(7-13)20-11(3)22/h4-10H,1-3H3,(H,18,19)(H,20,22)(H,21,23). The first-order valence-corrected chi connectivity index (χ1v) is 7.21. The SMILES string of the molecule is CC(=O)Nc1cccc(NC(=O)c2cnc(NC(C)C)cn2)c1. The van der Waals surface area contributed by atoms with Gasteiger partial charge < -0.3 is 16.0 Å². The quantitative estimate of drug-likeness (QED) is 0.788. The molecule has 23 heavy (non-hydrogen) atoms. The van der Waals surface area contributed by atoms with Gasteiger partial charge in [-0.25, -0.2) is 9.97 Å². The van der Waals surface area contributed by atoms with Crippen molar-refractivity contribution < 1.29 is 9.59 Å². The van der Waals surface area contributed by atoms with E-state index >= 15 is 0 Å². The van der Waals surface area contributed by atoms with E-state index < -0.39 is 0 Å². The van der Waals surface area contributed by atoms with E-state index in [1.54, 1.807) is 24.3 Å². The maximum Gasteiger partial charge on any atom is 0.275 e. The van der Waals surface area contributed by atoms with Crippen molar-refractivity contribution in [3.63, 3.8) is 0 Å². The Bertz CT molecular complexity index is 698. The number of carbonyl (C=O) groups excluding carboxylic acids is 2. The van der Waals surface area contributed by atoms with Gasteiger partial charge in [0.1, 0.15) is 11.5 Å². The number of nitrogens with zero attached hydrogens (tertiary/aromatic N) is 2. The van der Waals surface area contributed by atoms with E-state index in [0.717, 1.165) is 0 Å². The van der Waals surface area contributed by atoms with Gasteiger partial charge in [0, 0.05) is 24.3 Å². The number of aromatic nitrogens is 2. The van der Waals surface area contributed by atoms with Crippen molar-refractivity contribution >= 4 is 29.0 Å². The average Bonchev–Trinajstić information content (AvgIpc) is 2.47. The molecule has 2 aromatic rings. The fraction of sp³-hybridized carbons (Fsp3) is 0.250. The summed E-state index contributed by atoms with van der Waals surface area (Å²) in [5, 5.41) is 8.48. The normalized spacial score (nSPS) is 10.3. The lowest BCUT2D eigenvalue weighted by Gasteiger charge is -2.09. The third-order valence-electron chi connectivity index (χ3n) is 2.76. The van der Waals surface area contributed by atoms with Crippen molar-refractivity contribution in [3.05, 3.63) is 42.4 Å². The van der Waals surface area contributed by atoms with Crippen LogP contribution in [0.2, 0.25) is 0 Å². The van der Waals surface area contributed by atoms with Crippen molar-refractivity contribution in [1.82, 2.24) is 9.97 Å². The van der Waals surface area contributed by atoms with Crippen molar-refractivity contribution in [2.75, 3.05) is 16.0 Å². The van der Waals surface area contributed by atoms with Crippen LogP contribution in [0.1, 0.15) is 31.3 Å². The molecule has 0 atom stereocenters. The molecule has 7 heteroatoms. The second kappa shape index (κ2) is 7.35. The highest BCUT2D eigenvalue weighted by Crippen LogP contribution is 2.16. The minimum absolute atomic E-state index is 0.174. The summed E-state index contributed by atoms with van der Waals surface area (Å²) in [6.45, 7) is 5.41. The molecule has 2 amide bonds. The van der Waals surface area contributed by atoms with Crippen LogP contribution in [0.25, 0.3) is 0 Å². The van der Waals surface area contributed by atoms with Gasteiger partial charge in [0.15, 0.2) is 0 Å². The molecule has 0 aliphatic carbocycles. The van der Waals surface area contributed by atoms with E-state index in [9.17, 15) is 9.59 Å². The van der Waals surface area contributed by atoms with Crippen LogP contribution in [0.4, 0.5) is 17.2 Å². The molecule has 0 aliphatic rings. The smallest absolute Gasteiger partial charge is 0.275 e. The van der Waals surface area contributed by atoms with Crippen molar-refractivity contribution in [2.45, 2.75) is 26.8 Å². The number of rotatable bonds is 5. The van der Waals surface area contributed by atoms with Crippen molar-refractivity contribution in [1.29, 1.82) is 0 Å². The van der Waals surface area contributed by atoms with Crippen molar-refractivity contribution in [2.24, 2.45) is 0 Å². The monoisotopic (exact) mass is 313 g/mol. The first-order chi connectivity index (χ1) is 10.9. The van der Waals surface area contributed by atoms with Crippen LogP contribution in [0.3, 0.4) is 0 Å². The fourth-order valence-corrected chi connectivity index (χ4v) is 1.89. The Morgan fingerprint density at radius 1 is 1.04 bits per heavy atom. The minimum Gasteiger partial charge on any atom is -0.367 e.